The highest BCUT2D eigenvalue weighted by atomic mass is 32.2. The van der Waals surface area contributed by atoms with E-state index in [0.29, 0.717) is 56.9 Å². The van der Waals surface area contributed by atoms with Gasteiger partial charge in [0, 0.05) is 37.5 Å². The number of rotatable bonds is 6. The number of hydrogen-bond acceptors (Lipinski definition) is 6. The summed E-state index contributed by atoms with van der Waals surface area (Å²) in [4.78, 5) is 51.7. The first-order chi connectivity index (χ1) is 19.4. The molecule has 2 atom stereocenters. The second-order valence-corrected chi connectivity index (χ2v) is 11.4. The molecule has 3 aromatic heterocycles. The van der Waals surface area contributed by atoms with E-state index >= 15 is 0 Å². The van der Waals surface area contributed by atoms with Crippen molar-refractivity contribution >= 4 is 49.9 Å². The van der Waals surface area contributed by atoms with Crippen molar-refractivity contribution in [2.45, 2.75) is 25.8 Å². The fourth-order valence-electron chi connectivity index (χ4n) is 5.14. The predicted octanol–water partition coefficient (Wildman–Crippen LogP) is 5.33. The van der Waals surface area contributed by atoms with Crippen molar-refractivity contribution in [1.82, 2.24) is 20.2 Å². The first-order valence-electron chi connectivity index (χ1n) is 12.9. The van der Waals surface area contributed by atoms with Crippen LogP contribution in [0.2, 0.25) is 0 Å². The van der Waals surface area contributed by atoms with Gasteiger partial charge in [0.1, 0.15) is 22.5 Å². The summed E-state index contributed by atoms with van der Waals surface area (Å²) in [7, 11) is -0.951. The molecule has 1 aromatic carbocycles. The van der Waals surface area contributed by atoms with Crippen LogP contribution in [0.5, 0.6) is 11.6 Å². The number of nitrogens with zero attached hydrogens (tertiary/aromatic N) is 3. The molecular weight excluding hydrogens is 528 g/mol. The Bertz CT molecular complexity index is 1670. The number of para-hydroxylation sites is 1. The molecule has 6 rings (SSSR count). The maximum Gasteiger partial charge on any atom is 0.323 e. The first-order valence-corrected chi connectivity index (χ1v) is 14.1. The van der Waals surface area contributed by atoms with Crippen LogP contribution >= 0.6 is 10.5 Å². The molecular formula is C29H27N6O4S+. The molecule has 0 aliphatic carbocycles. The van der Waals surface area contributed by atoms with Gasteiger partial charge in [-0.05, 0) is 44.0 Å². The molecule has 0 radical (unpaired) electrons. The zero-order valence-electron chi connectivity index (χ0n) is 21.8. The van der Waals surface area contributed by atoms with Gasteiger partial charge in [-0.3, -0.25) is 9.59 Å². The van der Waals surface area contributed by atoms with E-state index in [1.54, 1.807) is 23.2 Å². The summed E-state index contributed by atoms with van der Waals surface area (Å²) in [6.07, 6.45) is 4.42. The minimum atomic E-state index is -0.951. The van der Waals surface area contributed by atoms with Gasteiger partial charge in [-0.25, -0.2) is 14.8 Å². The van der Waals surface area contributed by atoms with Crippen molar-refractivity contribution in [3.05, 3.63) is 78.0 Å². The number of likely N-dealkylation sites (tertiary alicyclic amines) is 1. The second-order valence-electron chi connectivity index (χ2n) is 9.58. The van der Waals surface area contributed by atoms with Crippen molar-refractivity contribution < 1.29 is 19.1 Å². The van der Waals surface area contributed by atoms with Crippen LogP contribution in [0.1, 0.15) is 28.2 Å². The third-order valence-electron chi connectivity index (χ3n) is 6.92. The SMILES string of the molecule is C=CC(=O)N1CCC[C@@H](NC(=O)c2c3c4c(ccnc4[s+]2-c2ccc(Oc4ccccc4)nc2C)NC(=O)N3)C1. The van der Waals surface area contributed by atoms with Gasteiger partial charge in [0.05, 0.1) is 16.2 Å². The van der Waals surface area contributed by atoms with Crippen LogP contribution in [0, 0.1) is 6.92 Å². The molecule has 3 N–H and O–H groups in total. The molecule has 4 aromatic rings. The maximum atomic E-state index is 14.0. The van der Waals surface area contributed by atoms with Gasteiger partial charge in [-0.2, -0.15) is 0 Å². The lowest BCUT2D eigenvalue weighted by molar-refractivity contribution is -0.127. The molecule has 202 valence electrons. The Hall–Kier alpha value is -4.77. The molecule has 2 aliphatic heterocycles. The third-order valence-corrected chi connectivity index (χ3v) is 9.29. The van der Waals surface area contributed by atoms with E-state index in [1.807, 2.05) is 43.3 Å². The number of anilines is 2. The number of hydrogen-bond donors (Lipinski definition) is 3. The van der Waals surface area contributed by atoms with Crippen LogP contribution in [0.4, 0.5) is 16.2 Å². The summed E-state index contributed by atoms with van der Waals surface area (Å²) in [6.45, 7) is 6.46. The van der Waals surface area contributed by atoms with Crippen molar-refractivity contribution in [3.63, 3.8) is 0 Å². The Morgan fingerprint density at radius 1 is 1.18 bits per heavy atom. The van der Waals surface area contributed by atoms with Gasteiger partial charge in [0.2, 0.25) is 16.7 Å². The topological polar surface area (TPSA) is 126 Å². The quantitative estimate of drug-likeness (QED) is 0.218. The van der Waals surface area contributed by atoms with Crippen LogP contribution in [0.15, 0.2) is 67.4 Å². The summed E-state index contributed by atoms with van der Waals surface area (Å²) in [5, 5.41) is 9.50. The maximum absolute atomic E-state index is 14.0. The predicted molar refractivity (Wildman–Crippen MR) is 155 cm³/mol. The summed E-state index contributed by atoms with van der Waals surface area (Å²) in [6, 6.07) is 14.1. The Morgan fingerprint density at radius 2 is 2.00 bits per heavy atom. The summed E-state index contributed by atoms with van der Waals surface area (Å²) < 4.78 is 5.92. The number of piperidine rings is 1. The molecule has 0 spiro atoms. The van der Waals surface area contributed by atoms with Crippen molar-refractivity contribution in [1.29, 1.82) is 0 Å². The van der Waals surface area contributed by atoms with E-state index in [0.717, 1.165) is 17.7 Å². The van der Waals surface area contributed by atoms with Gasteiger partial charge in [0.15, 0.2) is 0 Å². The fourth-order valence-corrected chi connectivity index (χ4v) is 7.50. The molecule has 40 heavy (non-hydrogen) atoms. The van der Waals surface area contributed by atoms with Gasteiger partial charge in [-0.15, -0.1) is 0 Å². The number of urea groups is 1. The summed E-state index contributed by atoms with van der Waals surface area (Å²) >= 11 is 0. The highest BCUT2D eigenvalue weighted by molar-refractivity contribution is 7.46. The molecule has 1 fully saturated rings. The first kappa shape index (κ1) is 25.5. The van der Waals surface area contributed by atoms with E-state index in [-0.39, 0.29) is 17.9 Å². The van der Waals surface area contributed by atoms with Gasteiger partial charge in [0.25, 0.3) is 9.71 Å². The number of aryl methyl sites for hydroxylation is 1. The monoisotopic (exact) mass is 555 g/mol. The summed E-state index contributed by atoms with van der Waals surface area (Å²) in [5.41, 5.74) is 1.72. The second kappa shape index (κ2) is 10.4. The van der Waals surface area contributed by atoms with Crippen LogP contribution in [0.3, 0.4) is 0 Å². The van der Waals surface area contributed by atoms with Crippen molar-refractivity contribution in [3.8, 4) is 16.5 Å². The van der Waals surface area contributed by atoms with Crippen LogP contribution in [-0.2, 0) is 4.79 Å². The number of thiophene rings is 1. The van der Waals surface area contributed by atoms with Crippen LogP contribution in [0.25, 0.3) is 15.1 Å². The van der Waals surface area contributed by atoms with Crippen molar-refractivity contribution in [2.24, 2.45) is 0 Å². The molecule has 1 unspecified atom stereocenters. The molecule has 0 bridgehead atoms. The lowest BCUT2D eigenvalue weighted by Crippen LogP contribution is -2.49. The molecule has 5 heterocycles. The number of aromatic nitrogens is 2. The zero-order chi connectivity index (χ0) is 27.8. The van der Waals surface area contributed by atoms with E-state index in [2.05, 4.69) is 32.5 Å². The van der Waals surface area contributed by atoms with Gasteiger partial charge < -0.3 is 25.6 Å². The number of pyridine rings is 2. The minimum absolute atomic E-state index is 0.159. The lowest BCUT2D eigenvalue weighted by Gasteiger charge is -2.32. The van der Waals surface area contributed by atoms with Crippen LogP contribution < -0.4 is 20.7 Å². The number of benzene rings is 1. The normalized spacial score (nSPS) is 16.6. The number of carbonyl (C=O) groups is 3. The molecule has 1 saturated heterocycles. The highest BCUT2D eigenvalue weighted by Crippen LogP contribution is 2.52. The lowest BCUT2D eigenvalue weighted by atomic mass is 10.1. The molecule has 11 heteroatoms. The molecule has 4 amide bonds. The van der Waals surface area contributed by atoms with E-state index in [9.17, 15) is 14.4 Å². The van der Waals surface area contributed by atoms with E-state index in [4.69, 9.17) is 4.74 Å². The average Bonchev–Trinajstić information content (AvgIpc) is 3.28. The number of nitrogens with one attached hydrogen (secondary N) is 3. The minimum Gasteiger partial charge on any atom is -0.439 e. The average molecular weight is 556 g/mol. The number of amides is 4. The largest absolute Gasteiger partial charge is 0.439 e. The smallest absolute Gasteiger partial charge is 0.323 e. The Labute approximate surface area is 233 Å². The number of ether oxygens (including phenoxy) is 1. The fraction of sp³-hybridized carbons (Fsp3) is 0.207. The zero-order valence-corrected chi connectivity index (χ0v) is 22.6. The van der Waals surface area contributed by atoms with E-state index in [1.165, 1.54) is 6.08 Å². The highest BCUT2D eigenvalue weighted by Gasteiger charge is 2.41. The molecule has 0 saturated carbocycles. The van der Waals surface area contributed by atoms with Gasteiger partial charge in [-0.1, -0.05) is 24.8 Å². The third kappa shape index (κ3) is 4.64. The Morgan fingerprint density at radius 3 is 2.77 bits per heavy atom. The van der Waals surface area contributed by atoms with Gasteiger partial charge >= 0.3 is 11.9 Å². The standard InChI is InChI=1S/C29H26N6O4S/c1-3-23(36)35-15-7-8-18(16-35)32-27(37)26-25-24-20(33-29(38)34-25)13-14-30-28(24)40(26)21-11-12-22(31-17(21)2)39-19-9-5-4-6-10-19/h3-6,9-14,18H,1,7-8,15-16H2,2H3,(H2-,30,32,33,34,37,38)/p+1/t18-,40?/m1/s1. The Balaban J connectivity index is 1.42. The van der Waals surface area contributed by atoms with Crippen molar-refractivity contribution in [2.75, 3.05) is 23.7 Å². The number of carbonyl (C=O) groups excluding carboxylic acids is 3. The van der Waals surface area contributed by atoms with Crippen LogP contribution in [-0.4, -0.2) is 51.8 Å². The molecule has 10 nitrogen and oxygen atoms in total. The Kier molecular flexibility index (Phi) is 6.64. The summed E-state index contributed by atoms with van der Waals surface area (Å²) in [5.74, 6) is 0.626. The molecule has 2 aliphatic rings. The van der Waals surface area contributed by atoms with E-state index < -0.39 is 16.5 Å².